The normalized spacial score (nSPS) is 13.0. The Morgan fingerprint density at radius 2 is 1.83 bits per heavy atom. The largest absolute Gasteiger partial charge is 0.488 e. The summed E-state index contributed by atoms with van der Waals surface area (Å²) in [5, 5.41) is 13.8. The lowest BCUT2D eigenvalue weighted by atomic mass is 10.1. The molecule has 2 unspecified atom stereocenters. The standard InChI is InChI=1S/C17H19ClFNO2.ClH/c1-12(13-6-8-14(18)9-7-13)20-10-15(21)11-22-17-5-3-2-4-16(17)19;/h2-9,12,15,20-21H,10-11H2,1H3;1H. The molecule has 0 saturated carbocycles. The van der Waals surface area contributed by atoms with E-state index in [-0.39, 0.29) is 30.8 Å². The molecule has 2 aromatic rings. The first-order valence-electron chi connectivity index (χ1n) is 7.10. The lowest BCUT2D eigenvalue weighted by Crippen LogP contribution is -2.33. The van der Waals surface area contributed by atoms with Gasteiger partial charge >= 0.3 is 0 Å². The Balaban J connectivity index is 0.00000264. The summed E-state index contributed by atoms with van der Waals surface area (Å²) in [5.74, 6) is -0.288. The number of ether oxygens (including phenoxy) is 1. The van der Waals surface area contributed by atoms with E-state index in [9.17, 15) is 9.50 Å². The summed E-state index contributed by atoms with van der Waals surface area (Å²) >= 11 is 5.85. The van der Waals surface area contributed by atoms with E-state index in [2.05, 4.69) is 5.32 Å². The highest BCUT2D eigenvalue weighted by atomic mass is 35.5. The van der Waals surface area contributed by atoms with Gasteiger partial charge in [0.1, 0.15) is 12.7 Å². The van der Waals surface area contributed by atoms with Crippen LogP contribution in [0.15, 0.2) is 48.5 Å². The van der Waals surface area contributed by atoms with Crippen LogP contribution in [0.1, 0.15) is 18.5 Å². The van der Waals surface area contributed by atoms with Gasteiger partial charge in [0, 0.05) is 17.6 Å². The highest BCUT2D eigenvalue weighted by Gasteiger charge is 2.10. The van der Waals surface area contributed by atoms with E-state index in [0.717, 1.165) is 5.56 Å². The molecule has 2 N–H and O–H groups in total. The fourth-order valence-corrected chi connectivity index (χ4v) is 2.11. The van der Waals surface area contributed by atoms with Crippen molar-refractivity contribution in [3.05, 3.63) is 64.9 Å². The Morgan fingerprint density at radius 3 is 2.48 bits per heavy atom. The van der Waals surface area contributed by atoms with E-state index in [1.54, 1.807) is 12.1 Å². The average Bonchev–Trinajstić information content (AvgIpc) is 2.52. The lowest BCUT2D eigenvalue weighted by molar-refractivity contribution is 0.102. The van der Waals surface area contributed by atoms with Crippen LogP contribution < -0.4 is 10.1 Å². The smallest absolute Gasteiger partial charge is 0.165 e. The molecule has 0 aliphatic carbocycles. The highest BCUT2D eigenvalue weighted by Crippen LogP contribution is 2.17. The Kier molecular flexibility index (Phi) is 8.34. The summed E-state index contributed by atoms with van der Waals surface area (Å²) in [5.41, 5.74) is 1.08. The molecular weight excluding hydrogens is 340 g/mol. The van der Waals surface area contributed by atoms with Gasteiger partial charge in [-0.2, -0.15) is 0 Å². The number of hydrogen-bond acceptors (Lipinski definition) is 3. The Bertz CT molecular complexity index is 595. The molecule has 0 fully saturated rings. The zero-order chi connectivity index (χ0) is 15.9. The second-order valence-electron chi connectivity index (χ2n) is 5.08. The van der Waals surface area contributed by atoms with Crippen LogP contribution in [0.4, 0.5) is 4.39 Å². The molecular formula is C17H20Cl2FNO2. The molecule has 0 aliphatic rings. The van der Waals surface area contributed by atoms with Crippen molar-refractivity contribution in [3.8, 4) is 5.75 Å². The lowest BCUT2D eigenvalue weighted by Gasteiger charge is -2.18. The third-order valence-corrected chi connectivity index (χ3v) is 3.55. The topological polar surface area (TPSA) is 41.5 Å². The Hall–Kier alpha value is -1.33. The predicted octanol–water partition coefficient (Wildman–Crippen LogP) is 3.99. The van der Waals surface area contributed by atoms with Gasteiger partial charge in [-0.05, 0) is 36.8 Å². The van der Waals surface area contributed by atoms with Crippen LogP contribution in [0.3, 0.4) is 0 Å². The molecule has 6 heteroatoms. The molecule has 0 amide bonds. The Labute approximate surface area is 146 Å². The van der Waals surface area contributed by atoms with Crippen molar-refractivity contribution in [2.24, 2.45) is 0 Å². The van der Waals surface area contributed by atoms with E-state index in [1.165, 1.54) is 12.1 Å². The van der Waals surface area contributed by atoms with Gasteiger partial charge in [0.25, 0.3) is 0 Å². The van der Waals surface area contributed by atoms with Gasteiger partial charge in [-0.1, -0.05) is 35.9 Å². The van der Waals surface area contributed by atoms with Crippen molar-refractivity contribution in [2.45, 2.75) is 19.1 Å². The number of halogens is 3. The van der Waals surface area contributed by atoms with Gasteiger partial charge in [-0.15, -0.1) is 12.4 Å². The number of rotatable bonds is 7. The van der Waals surface area contributed by atoms with Crippen molar-refractivity contribution < 1.29 is 14.2 Å². The summed E-state index contributed by atoms with van der Waals surface area (Å²) in [7, 11) is 0. The Morgan fingerprint density at radius 1 is 1.17 bits per heavy atom. The first-order valence-corrected chi connectivity index (χ1v) is 7.48. The molecule has 3 nitrogen and oxygen atoms in total. The molecule has 0 radical (unpaired) electrons. The number of nitrogens with one attached hydrogen (secondary N) is 1. The van der Waals surface area contributed by atoms with Crippen LogP contribution in [0.2, 0.25) is 5.02 Å². The monoisotopic (exact) mass is 359 g/mol. The zero-order valence-corrected chi connectivity index (χ0v) is 14.3. The summed E-state index contributed by atoms with van der Waals surface area (Å²) in [6.45, 7) is 2.37. The summed E-state index contributed by atoms with van der Waals surface area (Å²) in [6.07, 6.45) is -0.727. The van der Waals surface area contributed by atoms with E-state index in [1.807, 2.05) is 31.2 Å². The van der Waals surface area contributed by atoms with Crippen molar-refractivity contribution >= 4 is 24.0 Å². The van der Waals surface area contributed by atoms with Gasteiger partial charge < -0.3 is 15.2 Å². The molecule has 0 aromatic heterocycles. The predicted molar refractivity (Wildman–Crippen MR) is 93.0 cm³/mol. The fourth-order valence-electron chi connectivity index (χ4n) is 1.99. The minimum atomic E-state index is -0.727. The molecule has 0 saturated heterocycles. The number of aliphatic hydroxyl groups is 1. The quantitative estimate of drug-likeness (QED) is 0.785. The van der Waals surface area contributed by atoms with Crippen molar-refractivity contribution in [2.75, 3.05) is 13.2 Å². The molecule has 0 aliphatic heterocycles. The summed E-state index contributed by atoms with van der Waals surface area (Å²) in [6, 6.07) is 13.7. The maximum Gasteiger partial charge on any atom is 0.165 e. The molecule has 0 heterocycles. The van der Waals surface area contributed by atoms with E-state index in [4.69, 9.17) is 16.3 Å². The second-order valence-corrected chi connectivity index (χ2v) is 5.51. The number of benzene rings is 2. The molecule has 0 spiro atoms. The number of aliphatic hydroxyl groups excluding tert-OH is 1. The van der Waals surface area contributed by atoms with Gasteiger partial charge in [-0.3, -0.25) is 0 Å². The van der Waals surface area contributed by atoms with Crippen LogP contribution in [0.25, 0.3) is 0 Å². The van der Waals surface area contributed by atoms with Gasteiger partial charge in [-0.25, -0.2) is 4.39 Å². The minimum Gasteiger partial charge on any atom is -0.488 e. The maximum atomic E-state index is 13.4. The summed E-state index contributed by atoms with van der Waals surface area (Å²) in [4.78, 5) is 0. The molecule has 0 bridgehead atoms. The van der Waals surface area contributed by atoms with Gasteiger partial charge in [0.05, 0.1) is 0 Å². The fraction of sp³-hybridized carbons (Fsp3) is 0.294. The third kappa shape index (κ3) is 6.36. The third-order valence-electron chi connectivity index (χ3n) is 3.30. The van der Waals surface area contributed by atoms with Crippen molar-refractivity contribution in [3.63, 3.8) is 0 Å². The van der Waals surface area contributed by atoms with Crippen molar-refractivity contribution in [1.29, 1.82) is 0 Å². The van der Waals surface area contributed by atoms with E-state index in [0.29, 0.717) is 11.6 Å². The molecule has 126 valence electrons. The van der Waals surface area contributed by atoms with E-state index < -0.39 is 11.9 Å². The SMILES string of the molecule is CC(NCC(O)COc1ccccc1F)c1ccc(Cl)cc1.Cl. The highest BCUT2D eigenvalue weighted by molar-refractivity contribution is 6.30. The molecule has 2 aromatic carbocycles. The minimum absolute atomic E-state index is 0. The van der Waals surface area contributed by atoms with Gasteiger partial charge in [0.15, 0.2) is 11.6 Å². The maximum absolute atomic E-state index is 13.4. The first-order chi connectivity index (χ1) is 10.6. The van der Waals surface area contributed by atoms with Crippen LogP contribution in [0.5, 0.6) is 5.75 Å². The summed E-state index contributed by atoms with van der Waals surface area (Å²) < 4.78 is 18.6. The van der Waals surface area contributed by atoms with Crippen molar-refractivity contribution in [1.82, 2.24) is 5.32 Å². The second kappa shape index (κ2) is 9.73. The van der Waals surface area contributed by atoms with E-state index >= 15 is 0 Å². The number of para-hydroxylation sites is 1. The van der Waals surface area contributed by atoms with Gasteiger partial charge in [0.2, 0.25) is 0 Å². The molecule has 23 heavy (non-hydrogen) atoms. The molecule has 2 atom stereocenters. The van der Waals surface area contributed by atoms with Crippen LogP contribution in [-0.2, 0) is 0 Å². The molecule has 2 rings (SSSR count). The van der Waals surface area contributed by atoms with Crippen LogP contribution >= 0.6 is 24.0 Å². The van der Waals surface area contributed by atoms with Crippen LogP contribution in [-0.4, -0.2) is 24.4 Å². The number of hydrogen-bond donors (Lipinski definition) is 2. The zero-order valence-electron chi connectivity index (χ0n) is 12.7. The van der Waals surface area contributed by atoms with Crippen LogP contribution in [0, 0.1) is 5.82 Å². The average molecular weight is 360 g/mol. The first kappa shape index (κ1) is 19.7.